The van der Waals surface area contributed by atoms with Gasteiger partial charge < -0.3 is 14.8 Å². The minimum absolute atomic E-state index is 0.734. The lowest BCUT2D eigenvalue weighted by Gasteiger charge is -2.16. The van der Waals surface area contributed by atoms with E-state index in [4.69, 9.17) is 9.47 Å². The van der Waals surface area contributed by atoms with Crippen LogP contribution in [0.3, 0.4) is 0 Å². The first-order valence-corrected chi connectivity index (χ1v) is 6.98. The fourth-order valence-corrected chi connectivity index (χ4v) is 1.68. The number of nitrogens with one attached hydrogen (secondary N) is 1. The first-order valence-electron chi connectivity index (χ1n) is 6.98. The summed E-state index contributed by atoms with van der Waals surface area (Å²) in [5, 5.41) is 3.52. The Morgan fingerprint density at radius 1 is 1.06 bits per heavy atom. The Balaban J connectivity index is 3.35. The molecule has 0 bridgehead atoms. The van der Waals surface area contributed by atoms with Gasteiger partial charge in [0.15, 0.2) is 0 Å². The second-order valence-corrected chi connectivity index (χ2v) is 5.07. The van der Waals surface area contributed by atoms with Gasteiger partial charge in [0.2, 0.25) is 0 Å². The van der Waals surface area contributed by atoms with Crippen molar-refractivity contribution in [1.82, 2.24) is 5.32 Å². The Morgan fingerprint density at radius 2 is 1.82 bits per heavy atom. The SMILES string of the molecule is CCC(CCOCCCOC)CNCC(C)C. The van der Waals surface area contributed by atoms with Gasteiger partial charge >= 0.3 is 0 Å². The van der Waals surface area contributed by atoms with Gasteiger partial charge in [0, 0.05) is 26.9 Å². The molecule has 0 aromatic heterocycles. The highest BCUT2D eigenvalue weighted by Crippen LogP contribution is 2.07. The molecular weight excluding hydrogens is 214 g/mol. The van der Waals surface area contributed by atoms with Crippen LogP contribution in [0.25, 0.3) is 0 Å². The van der Waals surface area contributed by atoms with Crippen LogP contribution < -0.4 is 5.32 Å². The zero-order chi connectivity index (χ0) is 12.9. The molecule has 0 spiro atoms. The van der Waals surface area contributed by atoms with E-state index in [0.717, 1.165) is 57.6 Å². The van der Waals surface area contributed by atoms with Crippen LogP contribution in [0, 0.1) is 11.8 Å². The van der Waals surface area contributed by atoms with Crippen LogP contribution in [-0.4, -0.2) is 40.0 Å². The molecule has 0 aliphatic carbocycles. The third kappa shape index (κ3) is 12.1. The topological polar surface area (TPSA) is 30.5 Å². The van der Waals surface area contributed by atoms with Gasteiger partial charge in [-0.3, -0.25) is 0 Å². The van der Waals surface area contributed by atoms with Crippen LogP contribution in [0.1, 0.15) is 40.0 Å². The molecule has 17 heavy (non-hydrogen) atoms. The van der Waals surface area contributed by atoms with Gasteiger partial charge in [0.25, 0.3) is 0 Å². The van der Waals surface area contributed by atoms with Gasteiger partial charge in [-0.1, -0.05) is 27.2 Å². The summed E-state index contributed by atoms with van der Waals surface area (Å²) in [5.74, 6) is 1.48. The molecule has 0 aromatic rings. The highest BCUT2D eigenvalue weighted by atomic mass is 16.5. The van der Waals surface area contributed by atoms with Crippen LogP contribution in [-0.2, 0) is 9.47 Å². The number of methoxy groups -OCH3 is 1. The van der Waals surface area contributed by atoms with E-state index in [2.05, 4.69) is 26.1 Å². The van der Waals surface area contributed by atoms with Crippen LogP contribution in [0.4, 0.5) is 0 Å². The monoisotopic (exact) mass is 245 g/mol. The largest absolute Gasteiger partial charge is 0.385 e. The maximum Gasteiger partial charge on any atom is 0.0487 e. The molecule has 3 nitrogen and oxygen atoms in total. The van der Waals surface area contributed by atoms with Gasteiger partial charge in [-0.05, 0) is 37.8 Å². The van der Waals surface area contributed by atoms with Crippen molar-refractivity contribution in [2.24, 2.45) is 11.8 Å². The number of hydrogen-bond donors (Lipinski definition) is 1. The molecule has 1 unspecified atom stereocenters. The second kappa shape index (κ2) is 12.3. The predicted octanol–water partition coefficient (Wildman–Crippen LogP) is 2.70. The van der Waals surface area contributed by atoms with Crippen LogP contribution in [0.2, 0.25) is 0 Å². The molecule has 3 heteroatoms. The van der Waals surface area contributed by atoms with Crippen molar-refractivity contribution in [2.45, 2.75) is 40.0 Å². The molecule has 0 rings (SSSR count). The second-order valence-electron chi connectivity index (χ2n) is 5.07. The zero-order valence-corrected chi connectivity index (χ0v) is 12.1. The molecule has 0 heterocycles. The minimum atomic E-state index is 0.734. The lowest BCUT2D eigenvalue weighted by Crippen LogP contribution is -2.27. The third-order valence-corrected chi connectivity index (χ3v) is 2.87. The maximum absolute atomic E-state index is 5.59. The molecule has 104 valence electrons. The standard InChI is InChI=1S/C14H31NO2/c1-5-14(12-15-11-13(2)3)7-10-17-9-6-8-16-4/h13-15H,5-12H2,1-4H3. The van der Waals surface area contributed by atoms with Gasteiger partial charge in [-0.15, -0.1) is 0 Å². The van der Waals surface area contributed by atoms with Crippen molar-refractivity contribution in [3.8, 4) is 0 Å². The molecule has 0 amide bonds. The first-order chi connectivity index (χ1) is 8.20. The average molecular weight is 245 g/mol. The molecule has 0 saturated heterocycles. The van der Waals surface area contributed by atoms with E-state index in [-0.39, 0.29) is 0 Å². The fraction of sp³-hybridized carbons (Fsp3) is 1.00. The normalized spacial score (nSPS) is 13.2. The van der Waals surface area contributed by atoms with Crippen molar-refractivity contribution in [2.75, 3.05) is 40.0 Å². The Hall–Kier alpha value is -0.120. The summed E-state index contributed by atoms with van der Waals surface area (Å²) < 4.78 is 10.6. The van der Waals surface area contributed by atoms with Gasteiger partial charge in [-0.2, -0.15) is 0 Å². The average Bonchev–Trinajstić information content (AvgIpc) is 2.30. The fourth-order valence-electron chi connectivity index (χ4n) is 1.68. The summed E-state index contributed by atoms with van der Waals surface area (Å²) in [6, 6.07) is 0. The number of rotatable bonds is 12. The quantitative estimate of drug-likeness (QED) is 0.536. The van der Waals surface area contributed by atoms with E-state index in [1.165, 1.54) is 6.42 Å². The van der Waals surface area contributed by atoms with E-state index < -0.39 is 0 Å². The van der Waals surface area contributed by atoms with E-state index in [9.17, 15) is 0 Å². The Kier molecular flexibility index (Phi) is 12.3. The van der Waals surface area contributed by atoms with E-state index in [0.29, 0.717) is 0 Å². The van der Waals surface area contributed by atoms with Crippen LogP contribution in [0.5, 0.6) is 0 Å². The van der Waals surface area contributed by atoms with Crippen molar-refractivity contribution < 1.29 is 9.47 Å². The first kappa shape index (κ1) is 16.9. The van der Waals surface area contributed by atoms with E-state index >= 15 is 0 Å². The zero-order valence-electron chi connectivity index (χ0n) is 12.1. The summed E-state index contributed by atoms with van der Waals surface area (Å²) in [7, 11) is 1.73. The van der Waals surface area contributed by atoms with Crippen molar-refractivity contribution in [1.29, 1.82) is 0 Å². The highest BCUT2D eigenvalue weighted by molar-refractivity contribution is 4.61. The molecule has 0 aromatic carbocycles. The van der Waals surface area contributed by atoms with E-state index in [1.54, 1.807) is 7.11 Å². The van der Waals surface area contributed by atoms with Crippen LogP contribution >= 0.6 is 0 Å². The Bertz CT molecular complexity index is 151. The maximum atomic E-state index is 5.59. The van der Waals surface area contributed by atoms with Gasteiger partial charge in [-0.25, -0.2) is 0 Å². The van der Waals surface area contributed by atoms with E-state index in [1.807, 2.05) is 0 Å². The molecule has 1 N–H and O–H groups in total. The van der Waals surface area contributed by atoms with Crippen molar-refractivity contribution in [3.05, 3.63) is 0 Å². The lowest BCUT2D eigenvalue weighted by molar-refractivity contribution is 0.0931. The molecular formula is C14H31NO2. The molecule has 0 radical (unpaired) electrons. The molecule has 1 atom stereocenters. The Morgan fingerprint density at radius 3 is 2.41 bits per heavy atom. The molecule has 0 fully saturated rings. The number of hydrogen-bond acceptors (Lipinski definition) is 3. The summed E-state index contributed by atoms with van der Waals surface area (Å²) in [5.41, 5.74) is 0. The molecule has 0 aliphatic rings. The van der Waals surface area contributed by atoms with Gasteiger partial charge in [0.05, 0.1) is 0 Å². The summed E-state index contributed by atoms with van der Waals surface area (Å²) in [4.78, 5) is 0. The highest BCUT2D eigenvalue weighted by Gasteiger charge is 2.06. The third-order valence-electron chi connectivity index (χ3n) is 2.87. The predicted molar refractivity (Wildman–Crippen MR) is 73.4 cm³/mol. The van der Waals surface area contributed by atoms with Gasteiger partial charge in [0.1, 0.15) is 0 Å². The Labute approximate surface area is 107 Å². The summed E-state index contributed by atoms with van der Waals surface area (Å²) >= 11 is 0. The molecule has 0 aliphatic heterocycles. The number of ether oxygens (including phenoxy) is 2. The summed E-state index contributed by atoms with van der Waals surface area (Å²) in [6.07, 6.45) is 3.39. The van der Waals surface area contributed by atoms with Crippen molar-refractivity contribution in [3.63, 3.8) is 0 Å². The lowest BCUT2D eigenvalue weighted by atomic mass is 10.0. The smallest absolute Gasteiger partial charge is 0.0487 e. The minimum Gasteiger partial charge on any atom is -0.385 e. The van der Waals surface area contributed by atoms with Crippen LogP contribution in [0.15, 0.2) is 0 Å². The summed E-state index contributed by atoms with van der Waals surface area (Å²) in [6.45, 7) is 11.5. The molecule has 0 saturated carbocycles. The van der Waals surface area contributed by atoms with Crippen molar-refractivity contribution >= 4 is 0 Å².